The lowest BCUT2D eigenvalue weighted by Gasteiger charge is -1.98. The fourth-order valence-corrected chi connectivity index (χ4v) is 2.44. The molecule has 0 unspecified atom stereocenters. The van der Waals surface area contributed by atoms with E-state index in [1.807, 2.05) is 42.5 Å². The Labute approximate surface area is 121 Å². The molecule has 104 valence electrons. The molecule has 21 heavy (non-hydrogen) atoms. The topological polar surface area (TPSA) is 74.2 Å². The van der Waals surface area contributed by atoms with E-state index in [0.717, 1.165) is 11.1 Å². The van der Waals surface area contributed by atoms with Gasteiger partial charge in [0, 0.05) is 16.8 Å². The van der Waals surface area contributed by atoms with Crippen LogP contribution in [0.15, 0.2) is 47.0 Å². The van der Waals surface area contributed by atoms with Gasteiger partial charge in [0.2, 0.25) is 5.82 Å². The van der Waals surface area contributed by atoms with E-state index in [-0.39, 0.29) is 0 Å². The molecule has 4 rings (SSSR count). The van der Waals surface area contributed by atoms with Crippen LogP contribution in [-0.2, 0) is 18.0 Å². The Hall–Kier alpha value is -2.66. The van der Waals surface area contributed by atoms with Crippen molar-refractivity contribution < 1.29 is 9.26 Å². The first-order valence-electron chi connectivity index (χ1n) is 6.69. The Kier molecular flexibility index (Phi) is 2.72. The molecule has 0 amide bonds. The number of hydrogen-bond donors (Lipinski definition) is 1. The van der Waals surface area contributed by atoms with Gasteiger partial charge in [0.25, 0.3) is 5.89 Å². The van der Waals surface area contributed by atoms with E-state index in [9.17, 15) is 0 Å². The van der Waals surface area contributed by atoms with Gasteiger partial charge >= 0.3 is 0 Å². The number of hydrogen-bond acceptors (Lipinski definition) is 5. The zero-order valence-electron chi connectivity index (χ0n) is 11.2. The van der Waals surface area contributed by atoms with Crippen LogP contribution in [0.3, 0.4) is 0 Å². The third-order valence-corrected chi connectivity index (χ3v) is 3.54. The number of benzene rings is 2. The average Bonchev–Trinajstić information content (AvgIpc) is 3.15. The van der Waals surface area contributed by atoms with Crippen LogP contribution in [0.25, 0.3) is 22.8 Å². The summed E-state index contributed by atoms with van der Waals surface area (Å²) in [6.45, 7) is 1.31. The molecule has 2 heterocycles. The van der Waals surface area contributed by atoms with E-state index in [4.69, 9.17) is 15.0 Å². The summed E-state index contributed by atoms with van der Waals surface area (Å²) in [6.07, 6.45) is 0. The SMILES string of the molecule is Nc1cccc(-c2noc(-c3ccc4c(c3)COC4)n2)c1. The normalized spacial score (nSPS) is 13.3. The molecule has 0 bridgehead atoms. The molecular formula is C16H13N3O2. The molecule has 0 aliphatic carbocycles. The van der Waals surface area contributed by atoms with Gasteiger partial charge in [-0.15, -0.1) is 0 Å². The molecule has 2 aromatic carbocycles. The summed E-state index contributed by atoms with van der Waals surface area (Å²) in [5.41, 5.74) is 10.6. The molecule has 0 fully saturated rings. The van der Waals surface area contributed by atoms with Gasteiger partial charge in [0.05, 0.1) is 13.2 Å². The van der Waals surface area contributed by atoms with Crippen molar-refractivity contribution in [2.75, 3.05) is 5.73 Å². The van der Waals surface area contributed by atoms with Crippen LogP contribution in [0.1, 0.15) is 11.1 Å². The summed E-state index contributed by atoms with van der Waals surface area (Å²) in [5.74, 6) is 1.04. The molecule has 1 aliphatic heterocycles. The summed E-state index contributed by atoms with van der Waals surface area (Å²) in [5, 5.41) is 4.02. The highest BCUT2D eigenvalue weighted by molar-refractivity contribution is 5.63. The lowest BCUT2D eigenvalue weighted by molar-refractivity contribution is 0.134. The minimum atomic E-state index is 0.502. The number of nitrogen functional groups attached to an aromatic ring is 1. The van der Waals surface area contributed by atoms with Gasteiger partial charge in [-0.1, -0.05) is 23.4 Å². The molecule has 1 aliphatic rings. The molecule has 0 saturated heterocycles. The number of rotatable bonds is 2. The van der Waals surface area contributed by atoms with Crippen molar-refractivity contribution in [3.8, 4) is 22.8 Å². The highest BCUT2D eigenvalue weighted by atomic mass is 16.5. The van der Waals surface area contributed by atoms with Gasteiger partial charge < -0.3 is 15.0 Å². The third-order valence-electron chi connectivity index (χ3n) is 3.54. The number of anilines is 1. The first-order valence-corrected chi connectivity index (χ1v) is 6.69. The van der Waals surface area contributed by atoms with Crippen molar-refractivity contribution in [2.24, 2.45) is 0 Å². The van der Waals surface area contributed by atoms with Crippen molar-refractivity contribution in [3.63, 3.8) is 0 Å². The fraction of sp³-hybridized carbons (Fsp3) is 0.125. The zero-order valence-corrected chi connectivity index (χ0v) is 11.2. The summed E-state index contributed by atoms with van der Waals surface area (Å²) in [6, 6.07) is 13.5. The minimum Gasteiger partial charge on any atom is -0.399 e. The molecule has 1 aromatic heterocycles. The molecule has 0 saturated carbocycles. The van der Waals surface area contributed by atoms with E-state index in [1.165, 1.54) is 11.1 Å². The minimum absolute atomic E-state index is 0.502. The van der Waals surface area contributed by atoms with Gasteiger partial charge in [0.1, 0.15) is 0 Å². The van der Waals surface area contributed by atoms with Crippen molar-refractivity contribution in [1.29, 1.82) is 0 Å². The highest BCUT2D eigenvalue weighted by Gasteiger charge is 2.15. The van der Waals surface area contributed by atoms with Gasteiger partial charge in [-0.3, -0.25) is 0 Å². The molecule has 3 aromatic rings. The molecule has 0 radical (unpaired) electrons. The van der Waals surface area contributed by atoms with E-state index < -0.39 is 0 Å². The van der Waals surface area contributed by atoms with E-state index in [0.29, 0.717) is 30.6 Å². The predicted octanol–water partition coefficient (Wildman–Crippen LogP) is 3.02. The number of ether oxygens (including phenoxy) is 1. The second kappa shape index (κ2) is 4.71. The maximum absolute atomic E-state index is 5.78. The lowest BCUT2D eigenvalue weighted by atomic mass is 10.1. The Morgan fingerprint density at radius 3 is 2.76 bits per heavy atom. The third kappa shape index (κ3) is 2.17. The van der Waals surface area contributed by atoms with E-state index >= 15 is 0 Å². The lowest BCUT2D eigenvalue weighted by Crippen LogP contribution is -1.87. The summed E-state index contributed by atoms with van der Waals surface area (Å²) in [7, 11) is 0. The number of nitrogens with zero attached hydrogens (tertiary/aromatic N) is 2. The van der Waals surface area contributed by atoms with Crippen molar-refractivity contribution in [3.05, 3.63) is 53.6 Å². The van der Waals surface area contributed by atoms with Crippen LogP contribution in [0.4, 0.5) is 5.69 Å². The van der Waals surface area contributed by atoms with Crippen molar-refractivity contribution >= 4 is 5.69 Å². The van der Waals surface area contributed by atoms with Crippen LogP contribution in [0, 0.1) is 0 Å². The summed E-state index contributed by atoms with van der Waals surface area (Å²) < 4.78 is 10.8. The average molecular weight is 279 g/mol. The van der Waals surface area contributed by atoms with Gasteiger partial charge in [-0.05, 0) is 35.4 Å². The Morgan fingerprint density at radius 1 is 0.952 bits per heavy atom. The monoisotopic (exact) mass is 279 g/mol. The smallest absolute Gasteiger partial charge is 0.258 e. The van der Waals surface area contributed by atoms with Crippen molar-refractivity contribution in [1.82, 2.24) is 10.1 Å². The van der Waals surface area contributed by atoms with Crippen LogP contribution in [0.2, 0.25) is 0 Å². The van der Waals surface area contributed by atoms with Gasteiger partial charge in [-0.25, -0.2) is 0 Å². The Morgan fingerprint density at radius 2 is 1.86 bits per heavy atom. The van der Waals surface area contributed by atoms with E-state index in [1.54, 1.807) is 0 Å². The first-order chi connectivity index (χ1) is 10.3. The molecule has 5 heteroatoms. The van der Waals surface area contributed by atoms with Crippen LogP contribution < -0.4 is 5.73 Å². The summed E-state index contributed by atoms with van der Waals surface area (Å²) >= 11 is 0. The predicted molar refractivity (Wildman–Crippen MR) is 78.1 cm³/mol. The van der Waals surface area contributed by atoms with Gasteiger partial charge in [0.15, 0.2) is 0 Å². The largest absolute Gasteiger partial charge is 0.399 e. The maximum Gasteiger partial charge on any atom is 0.258 e. The zero-order chi connectivity index (χ0) is 14.2. The van der Waals surface area contributed by atoms with Crippen LogP contribution in [-0.4, -0.2) is 10.1 Å². The highest BCUT2D eigenvalue weighted by Crippen LogP contribution is 2.27. The number of fused-ring (bicyclic) bond motifs is 1. The number of aromatic nitrogens is 2. The van der Waals surface area contributed by atoms with E-state index in [2.05, 4.69) is 10.1 Å². The molecular weight excluding hydrogens is 266 g/mol. The Balaban J connectivity index is 1.71. The second-order valence-electron chi connectivity index (χ2n) is 5.02. The van der Waals surface area contributed by atoms with Crippen molar-refractivity contribution in [2.45, 2.75) is 13.2 Å². The maximum atomic E-state index is 5.78. The quantitative estimate of drug-likeness (QED) is 0.730. The second-order valence-corrected chi connectivity index (χ2v) is 5.02. The Bertz CT molecular complexity index is 811. The first kappa shape index (κ1) is 12.1. The molecule has 2 N–H and O–H groups in total. The standard InChI is InChI=1S/C16H13N3O2/c17-14-3-1-2-10(7-14)15-18-16(21-19-15)11-4-5-12-8-20-9-13(12)6-11/h1-7H,8-9,17H2. The molecule has 0 spiro atoms. The van der Waals surface area contributed by atoms with Crippen LogP contribution >= 0.6 is 0 Å². The molecule has 5 nitrogen and oxygen atoms in total. The summed E-state index contributed by atoms with van der Waals surface area (Å²) in [4.78, 5) is 4.44. The van der Waals surface area contributed by atoms with Gasteiger partial charge in [-0.2, -0.15) is 4.98 Å². The molecule has 0 atom stereocenters. The fourth-order valence-electron chi connectivity index (χ4n) is 2.44. The van der Waals surface area contributed by atoms with Crippen LogP contribution in [0.5, 0.6) is 0 Å². The number of nitrogens with two attached hydrogens (primary N) is 1.